The van der Waals surface area contributed by atoms with Crippen molar-refractivity contribution in [3.8, 4) is 5.75 Å². The Hall–Kier alpha value is -3.51. The van der Waals surface area contributed by atoms with Crippen molar-refractivity contribution < 1.29 is 14.7 Å². The minimum absolute atomic E-state index is 0.438. The molecular formula is C25H27N3O3. The average Bonchev–Trinajstić information content (AvgIpc) is 2.85. The average molecular weight is 418 g/mol. The van der Waals surface area contributed by atoms with Gasteiger partial charge < -0.3 is 14.5 Å². The topological polar surface area (TPSA) is 65.0 Å². The zero-order chi connectivity index (χ0) is 21.6. The van der Waals surface area contributed by atoms with Gasteiger partial charge >= 0.3 is 0 Å². The molecule has 0 saturated carbocycles. The van der Waals surface area contributed by atoms with Crippen molar-refractivity contribution in [3.63, 3.8) is 0 Å². The fraction of sp³-hybridized carbons (Fsp3) is 0.240. The number of hydrogen-bond donors (Lipinski definition) is 2. The number of nitrogens with zero attached hydrogens (tertiary/aromatic N) is 2. The molecule has 1 fully saturated rings. The maximum absolute atomic E-state index is 12.3. The van der Waals surface area contributed by atoms with E-state index in [1.165, 1.54) is 5.69 Å². The Labute approximate surface area is 182 Å². The first-order chi connectivity index (χ1) is 15.2. The summed E-state index contributed by atoms with van der Waals surface area (Å²) in [6.45, 7) is 3.72. The summed E-state index contributed by atoms with van der Waals surface area (Å²) in [6, 6.07) is 25.7. The van der Waals surface area contributed by atoms with Gasteiger partial charge in [0, 0.05) is 37.6 Å². The Bertz CT molecular complexity index is 983. The molecule has 1 amide bonds. The van der Waals surface area contributed by atoms with Gasteiger partial charge in [-0.2, -0.15) is 0 Å². The lowest BCUT2D eigenvalue weighted by Gasteiger charge is -2.37. The molecule has 1 unspecified atom stereocenters. The van der Waals surface area contributed by atoms with Crippen LogP contribution in [0.5, 0.6) is 5.75 Å². The Balaban J connectivity index is 1.44. The van der Waals surface area contributed by atoms with Crippen LogP contribution >= 0.6 is 0 Å². The molecule has 2 N–H and O–H groups in total. The number of anilines is 2. The van der Waals surface area contributed by atoms with Crippen LogP contribution in [-0.2, 0) is 4.79 Å². The predicted octanol–water partition coefficient (Wildman–Crippen LogP) is 3.66. The van der Waals surface area contributed by atoms with Gasteiger partial charge in [0.1, 0.15) is 5.75 Å². The number of rotatable bonds is 6. The van der Waals surface area contributed by atoms with E-state index in [2.05, 4.69) is 34.1 Å². The fourth-order valence-corrected chi connectivity index (χ4v) is 4.10. The van der Waals surface area contributed by atoms with Crippen molar-refractivity contribution in [1.29, 1.82) is 0 Å². The molecule has 1 aliphatic rings. The van der Waals surface area contributed by atoms with Crippen LogP contribution < -0.4 is 20.0 Å². The quantitative estimate of drug-likeness (QED) is 0.473. The van der Waals surface area contributed by atoms with E-state index in [1.807, 2.05) is 54.6 Å². The van der Waals surface area contributed by atoms with Crippen LogP contribution in [0, 0.1) is 0 Å². The second kappa shape index (κ2) is 9.53. The summed E-state index contributed by atoms with van der Waals surface area (Å²) in [4.78, 5) is 17.1. The van der Waals surface area contributed by atoms with Crippen molar-refractivity contribution in [1.82, 2.24) is 5.48 Å². The number of hydroxylamine groups is 1. The Morgan fingerprint density at radius 2 is 1.29 bits per heavy atom. The number of methoxy groups -OCH3 is 1. The monoisotopic (exact) mass is 417 g/mol. The molecule has 3 aromatic rings. The summed E-state index contributed by atoms with van der Waals surface area (Å²) >= 11 is 0. The summed E-state index contributed by atoms with van der Waals surface area (Å²) in [6.07, 6.45) is 0. The van der Waals surface area contributed by atoms with Gasteiger partial charge in [-0.3, -0.25) is 10.0 Å². The van der Waals surface area contributed by atoms with Crippen LogP contribution in [0.2, 0.25) is 0 Å². The second-order valence-corrected chi connectivity index (χ2v) is 7.58. The molecule has 1 atom stereocenters. The zero-order valence-corrected chi connectivity index (χ0v) is 17.6. The van der Waals surface area contributed by atoms with Crippen LogP contribution in [0.25, 0.3) is 0 Å². The first-order valence-corrected chi connectivity index (χ1v) is 10.4. The zero-order valence-electron chi connectivity index (χ0n) is 17.6. The lowest BCUT2D eigenvalue weighted by molar-refractivity contribution is -0.129. The number of nitrogens with one attached hydrogen (secondary N) is 1. The van der Waals surface area contributed by atoms with Gasteiger partial charge in [0.25, 0.3) is 5.91 Å². The third-order valence-electron chi connectivity index (χ3n) is 5.81. The van der Waals surface area contributed by atoms with Gasteiger partial charge in [-0.25, -0.2) is 5.48 Å². The minimum Gasteiger partial charge on any atom is -0.497 e. The van der Waals surface area contributed by atoms with Crippen molar-refractivity contribution in [2.24, 2.45) is 0 Å². The molecule has 3 aromatic carbocycles. The smallest absolute Gasteiger partial charge is 0.255 e. The molecule has 6 heteroatoms. The van der Waals surface area contributed by atoms with E-state index >= 15 is 0 Å². The van der Waals surface area contributed by atoms with Crippen molar-refractivity contribution >= 4 is 17.3 Å². The summed E-state index contributed by atoms with van der Waals surface area (Å²) in [5.41, 5.74) is 5.83. The molecule has 31 heavy (non-hydrogen) atoms. The van der Waals surface area contributed by atoms with Crippen LogP contribution in [0.3, 0.4) is 0 Å². The van der Waals surface area contributed by atoms with E-state index in [-0.39, 0.29) is 0 Å². The van der Waals surface area contributed by atoms with Crippen LogP contribution in [0.15, 0.2) is 78.9 Å². The molecule has 0 spiro atoms. The minimum atomic E-state index is -0.549. The van der Waals surface area contributed by atoms with Crippen molar-refractivity contribution in [3.05, 3.63) is 90.0 Å². The number of piperazine rings is 1. The lowest BCUT2D eigenvalue weighted by Crippen LogP contribution is -2.46. The van der Waals surface area contributed by atoms with E-state index < -0.39 is 11.8 Å². The highest BCUT2D eigenvalue weighted by atomic mass is 16.5. The van der Waals surface area contributed by atoms with Gasteiger partial charge in [0.05, 0.1) is 13.0 Å². The van der Waals surface area contributed by atoms with Gasteiger partial charge in [-0.05, 0) is 47.5 Å². The van der Waals surface area contributed by atoms with Gasteiger partial charge in [-0.15, -0.1) is 0 Å². The van der Waals surface area contributed by atoms with Gasteiger partial charge in [0.15, 0.2) is 0 Å². The van der Waals surface area contributed by atoms with E-state index in [0.717, 1.165) is 48.7 Å². The molecule has 0 radical (unpaired) electrons. The third kappa shape index (κ3) is 4.64. The van der Waals surface area contributed by atoms with E-state index in [1.54, 1.807) is 12.6 Å². The number of benzene rings is 3. The number of carbonyl (C=O) groups is 1. The molecular weight excluding hydrogens is 390 g/mol. The molecule has 0 aliphatic carbocycles. The van der Waals surface area contributed by atoms with Gasteiger partial charge in [0.2, 0.25) is 0 Å². The highest BCUT2D eigenvalue weighted by Gasteiger charge is 2.23. The highest BCUT2D eigenvalue weighted by molar-refractivity contribution is 5.86. The second-order valence-electron chi connectivity index (χ2n) is 7.58. The highest BCUT2D eigenvalue weighted by Crippen LogP contribution is 2.28. The first kappa shape index (κ1) is 20.8. The van der Waals surface area contributed by atoms with E-state index in [0.29, 0.717) is 0 Å². The molecule has 160 valence electrons. The number of hydrogen-bond acceptors (Lipinski definition) is 5. The van der Waals surface area contributed by atoms with Gasteiger partial charge in [-0.1, -0.05) is 42.5 Å². The van der Waals surface area contributed by atoms with E-state index in [4.69, 9.17) is 4.74 Å². The van der Waals surface area contributed by atoms with E-state index in [9.17, 15) is 10.0 Å². The molecule has 1 aliphatic heterocycles. The summed E-state index contributed by atoms with van der Waals surface area (Å²) in [7, 11) is 1.68. The Kier molecular flexibility index (Phi) is 6.38. The molecule has 0 aromatic heterocycles. The Morgan fingerprint density at radius 1 is 0.806 bits per heavy atom. The molecule has 1 saturated heterocycles. The van der Waals surface area contributed by atoms with Crippen LogP contribution in [-0.4, -0.2) is 44.4 Å². The normalized spacial score (nSPS) is 14.8. The molecule has 1 heterocycles. The summed E-state index contributed by atoms with van der Waals surface area (Å²) in [5, 5.41) is 9.21. The van der Waals surface area contributed by atoms with Crippen LogP contribution in [0.1, 0.15) is 17.0 Å². The SMILES string of the molecule is COc1ccc(N2CCN(c3ccc(C(C(=O)NO)c4ccccc4)cc3)CC2)cc1. The van der Waals surface area contributed by atoms with Crippen molar-refractivity contribution in [2.45, 2.75) is 5.92 Å². The fourth-order valence-electron chi connectivity index (χ4n) is 4.10. The molecule has 4 rings (SSSR count). The standard InChI is InChI=1S/C25H27N3O3/c1-31-23-13-11-22(12-14-23)28-17-15-27(16-18-28)21-9-7-20(8-10-21)24(25(29)26-30)19-5-3-2-4-6-19/h2-14,24,30H,15-18H2,1H3,(H,26,29). The third-order valence-corrected chi connectivity index (χ3v) is 5.81. The largest absolute Gasteiger partial charge is 0.497 e. The number of carbonyl (C=O) groups excluding carboxylic acids is 1. The lowest BCUT2D eigenvalue weighted by atomic mass is 9.90. The first-order valence-electron chi connectivity index (χ1n) is 10.4. The molecule has 0 bridgehead atoms. The molecule has 6 nitrogen and oxygen atoms in total. The maximum atomic E-state index is 12.3. The summed E-state index contributed by atoms with van der Waals surface area (Å²) < 4.78 is 5.24. The predicted molar refractivity (Wildman–Crippen MR) is 122 cm³/mol. The number of amides is 1. The Morgan fingerprint density at radius 3 is 1.77 bits per heavy atom. The van der Waals surface area contributed by atoms with Crippen LogP contribution in [0.4, 0.5) is 11.4 Å². The maximum Gasteiger partial charge on any atom is 0.255 e. The summed E-state index contributed by atoms with van der Waals surface area (Å²) in [5.74, 6) is -0.120. The number of ether oxygens (including phenoxy) is 1. The van der Waals surface area contributed by atoms with Crippen molar-refractivity contribution in [2.75, 3.05) is 43.1 Å².